The molecule has 2 nitrogen and oxygen atoms in total. The molecule has 1 aromatic rings. The molecule has 0 aliphatic carbocycles. The first-order chi connectivity index (χ1) is 20.3. The summed E-state index contributed by atoms with van der Waals surface area (Å²) in [6.07, 6.45) is 41.1. The normalized spacial score (nSPS) is 14.2. The second-order valence-electron chi connectivity index (χ2n) is 13.0. The van der Waals surface area contributed by atoms with E-state index in [1.165, 1.54) is 166 Å². The summed E-state index contributed by atoms with van der Waals surface area (Å²) in [7, 11) is 0. The van der Waals surface area contributed by atoms with Crippen molar-refractivity contribution in [2.75, 3.05) is 0 Å². The third kappa shape index (κ3) is 18.6. The summed E-state index contributed by atoms with van der Waals surface area (Å²) in [5.74, 6) is 1.14. The van der Waals surface area contributed by atoms with Crippen LogP contribution in [0.3, 0.4) is 0 Å². The molecule has 0 saturated heterocycles. The molecule has 2 unspecified atom stereocenters. The molecule has 232 valence electrons. The third-order valence-electron chi connectivity index (χ3n) is 9.27. The summed E-state index contributed by atoms with van der Waals surface area (Å²) >= 11 is 0. The fourth-order valence-corrected chi connectivity index (χ4v) is 6.66. The van der Waals surface area contributed by atoms with Crippen LogP contribution in [0.25, 0.3) is 0 Å². The molecular formula is C39H67N2+. The van der Waals surface area contributed by atoms with Gasteiger partial charge < -0.3 is 0 Å². The second-order valence-corrected chi connectivity index (χ2v) is 13.0. The standard InChI is InChI=1S/C39H67N2/c1-3-5-7-9-11-12-13-14-15-16-17-18-19-21-22-27-31-37(35-36-29-25-24-26-30-36)38(39-40-33-34-41-39)32-28-23-20-10-8-6-4-2/h24-26,29-30,33-34,37-38H,3-23,27-28,31-32,35H2,1-2H3/q+1. The van der Waals surface area contributed by atoms with Crippen molar-refractivity contribution in [1.82, 2.24) is 0 Å². The maximum absolute atomic E-state index is 4.73. The monoisotopic (exact) mass is 564 g/mol. The molecular weight excluding hydrogens is 496 g/mol. The fourth-order valence-electron chi connectivity index (χ4n) is 6.66. The molecule has 0 radical (unpaired) electrons. The lowest BCUT2D eigenvalue weighted by Gasteiger charge is -2.26. The number of unbranched alkanes of at least 4 members (excludes halogenated alkanes) is 21. The lowest BCUT2D eigenvalue weighted by Crippen LogP contribution is -2.22. The van der Waals surface area contributed by atoms with E-state index in [-0.39, 0.29) is 0 Å². The van der Waals surface area contributed by atoms with Gasteiger partial charge in [-0.25, -0.2) is 0 Å². The van der Waals surface area contributed by atoms with Gasteiger partial charge in [-0.1, -0.05) is 202 Å². The predicted octanol–water partition coefficient (Wildman–Crippen LogP) is 12.9. The third-order valence-corrected chi connectivity index (χ3v) is 9.27. The molecule has 0 spiro atoms. The van der Waals surface area contributed by atoms with Gasteiger partial charge in [-0.15, -0.1) is 0 Å². The average Bonchev–Trinajstić information content (AvgIpc) is 3.53. The summed E-state index contributed by atoms with van der Waals surface area (Å²) in [5.41, 5.74) is 1.48. The highest BCUT2D eigenvalue weighted by Gasteiger charge is 2.35. The van der Waals surface area contributed by atoms with Gasteiger partial charge in [0, 0.05) is 0 Å². The zero-order chi connectivity index (χ0) is 29.1. The Bertz CT molecular complexity index is 727. The maximum atomic E-state index is 4.73. The number of aliphatic imine (C=N–C) groups is 2. The van der Waals surface area contributed by atoms with E-state index in [1.807, 2.05) is 12.4 Å². The van der Waals surface area contributed by atoms with Crippen molar-refractivity contribution in [3.8, 4) is 0 Å². The zero-order valence-electron chi connectivity index (χ0n) is 27.5. The van der Waals surface area contributed by atoms with Gasteiger partial charge in [0.25, 0.3) is 0 Å². The SMILES string of the molecule is CCCCCCCCCCCCCCCCCCC(Cc1ccccc1)C(CCCCCCCCC)[C+]1N=CC=N1. The summed E-state index contributed by atoms with van der Waals surface area (Å²) < 4.78 is 0. The second kappa shape index (κ2) is 26.1. The van der Waals surface area contributed by atoms with E-state index in [1.54, 1.807) is 0 Å². The maximum Gasteiger partial charge on any atom is 0.244 e. The van der Waals surface area contributed by atoms with Gasteiger partial charge in [-0.05, 0) is 30.7 Å². The largest absolute Gasteiger partial charge is 0.244 e. The van der Waals surface area contributed by atoms with Crippen molar-refractivity contribution < 1.29 is 0 Å². The van der Waals surface area contributed by atoms with E-state index in [0.29, 0.717) is 11.8 Å². The molecule has 0 amide bonds. The Kier molecular flexibility index (Phi) is 22.7. The summed E-state index contributed by atoms with van der Waals surface area (Å²) in [5, 5.41) is 0. The number of hydrogen-bond acceptors (Lipinski definition) is 2. The van der Waals surface area contributed by atoms with Gasteiger partial charge in [0.2, 0.25) is 6.17 Å². The van der Waals surface area contributed by atoms with Crippen LogP contribution < -0.4 is 0 Å². The minimum absolute atomic E-state index is 0.497. The van der Waals surface area contributed by atoms with Crippen LogP contribution in [0.2, 0.25) is 0 Å². The molecule has 2 rings (SSSR count). The summed E-state index contributed by atoms with van der Waals surface area (Å²) in [6, 6.07) is 11.2. The number of hydrogen-bond donors (Lipinski definition) is 0. The van der Waals surface area contributed by atoms with Crippen LogP contribution >= 0.6 is 0 Å². The highest BCUT2D eigenvalue weighted by molar-refractivity contribution is 6.18. The van der Waals surface area contributed by atoms with Gasteiger partial charge in [0.05, 0.1) is 5.92 Å². The van der Waals surface area contributed by atoms with E-state index in [4.69, 9.17) is 9.98 Å². The van der Waals surface area contributed by atoms with Crippen LogP contribution in [-0.4, -0.2) is 12.4 Å². The number of rotatable bonds is 29. The Morgan fingerprint density at radius 2 is 0.878 bits per heavy atom. The van der Waals surface area contributed by atoms with Crippen LogP contribution in [0.15, 0.2) is 40.3 Å². The molecule has 0 bridgehead atoms. The molecule has 1 heterocycles. The first-order valence-corrected chi connectivity index (χ1v) is 18.3. The Morgan fingerprint density at radius 1 is 0.488 bits per heavy atom. The van der Waals surface area contributed by atoms with Gasteiger partial charge in [0.1, 0.15) is 0 Å². The lowest BCUT2D eigenvalue weighted by atomic mass is 9.78. The van der Waals surface area contributed by atoms with Crippen molar-refractivity contribution in [3.05, 3.63) is 42.1 Å². The van der Waals surface area contributed by atoms with Crippen LogP contribution in [0.5, 0.6) is 0 Å². The predicted molar refractivity (Wildman–Crippen MR) is 184 cm³/mol. The van der Waals surface area contributed by atoms with Crippen LogP contribution in [0.1, 0.15) is 180 Å². The molecule has 0 fully saturated rings. The van der Waals surface area contributed by atoms with Crippen LogP contribution in [-0.2, 0) is 6.42 Å². The zero-order valence-corrected chi connectivity index (χ0v) is 27.5. The Hall–Kier alpha value is -1.57. The summed E-state index contributed by atoms with van der Waals surface area (Å²) in [6.45, 7) is 4.61. The Labute approximate surface area is 256 Å². The Balaban J connectivity index is 1.65. The lowest BCUT2D eigenvalue weighted by molar-refractivity contribution is 0.284. The highest BCUT2D eigenvalue weighted by Crippen LogP contribution is 2.37. The van der Waals surface area contributed by atoms with E-state index >= 15 is 0 Å². The van der Waals surface area contributed by atoms with Crippen LogP contribution in [0, 0.1) is 18.0 Å². The fraction of sp³-hybridized carbons (Fsp3) is 0.769. The first kappa shape index (κ1) is 35.6. The van der Waals surface area contributed by atoms with Crippen molar-refractivity contribution in [2.24, 2.45) is 21.8 Å². The molecule has 41 heavy (non-hydrogen) atoms. The van der Waals surface area contributed by atoms with Crippen molar-refractivity contribution in [3.63, 3.8) is 0 Å². The molecule has 1 aliphatic heterocycles. The molecule has 1 aromatic carbocycles. The minimum Gasteiger partial charge on any atom is -0.0965 e. The van der Waals surface area contributed by atoms with E-state index in [9.17, 15) is 0 Å². The number of nitrogens with zero attached hydrogens (tertiary/aromatic N) is 2. The van der Waals surface area contributed by atoms with Crippen LogP contribution in [0.4, 0.5) is 0 Å². The minimum atomic E-state index is 0.497. The Morgan fingerprint density at radius 3 is 1.32 bits per heavy atom. The quantitative estimate of drug-likeness (QED) is 0.0684. The van der Waals surface area contributed by atoms with E-state index in [0.717, 1.165) is 12.6 Å². The molecule has 2 atom stereocenters. The van der Waals surface area contributed by atoms with Gasteiger partial charge in [-0.3, -0.25) is 0 Å². The van der Waals surface area contributed by atoms with E-state index < -0.39 is 0 Å². The molecule has 0 N–H and O–H groups in total. The smallest absolute Gasteiger partial charge is 0.0965 e. The first-order valence-electron chi connectivity index (χ1n) is 18.3. The van der Waals surface area contributed by atoms with Crippen molar-refractivity contribution >= 4 is 12.4 Å². The number of benzene rings is 1. The molecule has 0 aromatic heterocycles. The topological polar surface area (TPSA) is 24.7 Å². The van der Waals surface area contributed by atoms with Gasteiger partial charge in [0.15, 0.2) is 12.4 Å². The highest BCUT2D eigenvalue weighted by atomic mass is 15.0. The van der Waals surface area contributed by atoms with Gasteiger partial charge >= 0.3 is 0 Å². The van der Waals surface area contributed by atoms with Crippen molar-refractivity contribution in [1.29, 1.82) is 0 Å². The molecule has 1 aliphatic rings. The average molecular weight is 564 g/mol. The molecule has 2 heteroatoms. The van der Waals surface area contributed by atoms with E-state index in [2.05, 4.69) is 44.2 Å². The summed E-state index contributed by atoms with van der Waals surface area (Å²) in [4.78, 5) is 9.46. The van der Waals surface area contributed by atoms with Crippen molar-refractivity contribution in [2.45, 2.75) is 181 Å². The van der Waals surface area contributed by atoms with Gasteiger partial charge in [-0.2, -0.15) is 0 Å². The molecule has 0 saturated carbocycles.